The third-order valence-electron chi connectivity index (χ3n) is 4.96. The average Bonchev–Trinajstić information content (AvgIpc) is 2.72. The van der Waals surface area contributed by atoms with Crippen LogP contribution >= 0.6 is 0 Å². The number of H-pyrrole nitrogens is 1. The Balaban J connectivity index is 1.89. The summed E-state index contributed by atoms with van der Waals surface area (Å²) < 4.78 is 1.26. The fourth-order valence-electron chi connectivity index (χ4n) is 3.25. The highest BCUT2D eigenvalue weighted by Gasteiger charge is 2.22. The van der Waals surface area contributed by atoms with E-state index in [4.69, 9.17) is 5.73 Å². The lowest BCUT2D eigenvalue weighted by Crippen LogP contribution is -2.39. The van der Waals surface area contributed by atoms with E-state index in [1.165, 1.54) is 16.5 Å². The maximum Gasteiger partial charge on any atom is 0.330 e. The van der Waals surface area contributed by atoms with Crippen molar-refractivity contribution in [3.63, 3.8) is 0 Å². The first-order valence-electron chi connectivity index (χ1n) is 9.36. The summed E-state index contributed by atoms with van der Waals surface area (Å²) in [6.07, 6.45) is 0.206. The van der Waals surface area contributed by atoms with Gasteiger partial charge in [-0.3, -0.25) is 19.1 Å². The monoisotopic (exact) mass is 392 g/mol. The summed E-state index contributed by atoms with van der Waals surface area (Å²) in [5, 5.41) is 0. The maximum absolute atomic E-state index is 12.8. The summed E-state index contributed by atoms with van der Waals surface area (Å²) in [7, 11) is 1.50. The highest BCUT2D eigenvalue weighted by atomic mass is 16.2. The fourth-order valence-corrected chi connectivity index (χ4v) is 3.25. The van der Waals surface area contributed by atoms with Crippen LogP contribution in [0.25, 0.3) is 0 Å². The van der Waals surface area contributed by atoms with Crippen LogP contribution < -0.4 is 21.9 Å². The van der Waals surface area contributed by atoms with Crippen molar-refractivity contribution >= 4 is 17.4 Å². The lowest BCUT2D eigenvalue weighted by atomic mass is 9.97. The van der Waals surface area contributed by atoms with E-state index in [9.17, 15) is 14.4 Å². The topological polar surface area (TPSA) is 101 Å². The third kappa shape index (κ3) is 4.45. The Morgan fingerprint density at radius 1 is 1.07 bits per heavy atom. The first-order chi connectivity index (χ1) is 13.9. The molecule has 0 aliphatic rings. The standard InChI is InChI=1S/C22H24N4O3/c1-15(17-11-7-4-8-12-17)13-18(27)25(2)19-20(23)26(22(29)24-21(19)28)14-16-9-5-3-6-10-16/h3-12,15H,13-14,23H2,1-2H3,(H,24,28,29)/t15-/m0/s1. The predicted molar refractivity (Wildman–Crippen MR) is 114 cm³/mol. The minimum atomic E-state index is -0.681. The van der Waals surface area contributed by atoms with E-state index >= 15 is 0 Å². The van der Waals surface area contributed by atoms with Crippen molar-refractivity contribution in [3.05, 3.63) is 92.6 Å². The molecule has 150 valence electrons. The van der Waals surface area contributed by atoms with Gasteiger partial charge in [-0.2, -0.15) is 0 Å². The van der Waals surface area contributed by atoms with Gasteiger partial charge in [0.1, 0.15) is 5.82 Å². The van der Waals surface area contributed by atoms with Gasteiger partial charge in [0.05, 0.1) is 6.54 Å². The van der Waals surface area contributed by atoms with Crippen LogP contribution in [0, 0.1) is 0 Å². The van der Waals surface area contributed by atoms with E-state index in [1.807, 2.05) is 67.6 Å². The molecule has 0 unspecified atom stereocenters. The summed E-state index contributed by atoms with van der Waals surface area (Å²) in [5.74, 6) is -0.323. The van der Waals surface area contributed by atoms with E-state index < -0.39 is 11.2 Å². The average molecular weight is 392 g/mol. The van der Waals surface area contributed by atoms with Crippen LogP contribution in [-0.2, 0) is 11.3 Å². The summed E-state index contributed by atoms with van der Waals surface area (Å²) >= 11 is 0. The number of carbonyl (C=O) groups is 1. The zero-order valence-corrected chi connectivity index (χ0v) is 16.5. The normalized spacial score (nSPS) is 11.8. The van der Waals surface area contributed by atoms with Crippen molar-refractivity contribution in [3.8, 4) is 0 Å². The number of carbonyl (C=O) groups excluding carboxylic acids is 1. The molecule has 1 aromatic heterocycles. The fraction of sp³-hybridized carbons (Fsp3) is 0.227. The van der Waals surface area contributed by atoms with Crippen LogP contribution in [-0.4, -0.2) is 22.5 Å². The first-order valence-corrected chi connectivity index (χ1v) is 9.36. The molecule has 1 atom stereocenters. The molecule has 0 saturated heterocycles. The minimum Gasteiger partial charge on any atom is -0.383 e. The van der Waals surface area contributed by atoms with E-state index in [-0.39, 0.29) is 36.3 Å². The zero-order chi connectivity index (χ0) is 21.0. The number of nitrogens with zero attached hydrogens (tertiary/aromatic N) is 2. The molecule has 0 spiro atoms. The molecule has 29 heavy (non-hydrogen) atoms. The van der Waals surface area contributed by atoms with Gasteiger partial charge in [0.25, 0.3) is 5.56 Å². The van der Waals surface area contributed by atoms with Crippen molar-refractivity contribution in [2.45, 2.75) is 25.8 Å². The van der Waals surface area contributed by atoms with Crippen LogP contribution in [0.15, 0.2) is 70.3 Å². The Kier molecular flexibility index (Phi) is 5.97. The van der Waals surface area contributed by atoms with Gasteiger partial charge in [-0.25, -0.2) is 4.79 Å². The van der Waals surface area contributed by atoms with Gasteiger partial charge in [-0.1, -0.05) is 67.6 Å². The number of hydrogen-bond acceptors (Lipinski definition) is 4. The molecule has 2 aromatic carbocycles. The molecule has 3 N–H and O–H groups in total. The number of nitrogens with one attached hydrogen (secondary N) is 1. The third-order valence-corrected chi connectivity index (χ3v) is 4.96. The number of hydrogen-bond donors (Lipinski definition) is 2. The van der Waals surface area contributed by atoms with E-state index in [1.54, 1.807) is 0 Å². The van der Waals surface area contributed by atoms with Gasteiger partial charge in [0.15, 0.2) is 5.69 Å². The van der Waals surface area contributed by atoms with Crippen LogP contribution in [0.2, 0.25) is 0 Å². The smallest absolute Gasteiger partial charge is 0.330 e. The second-order valence-electron chi connectivity index (χ2n) is 7.03. The van der Waals surface area contributed by atoms with Gasteiger partial charge in [-0.05, 0) is 17.0 Å². The molecule has 7 heteroatoms. The molecule has 0 fully saturated rings. The summed E-state index contributed by atoms with van der Waals surface area (Å²) in [5.41, 5.74) is 6.73. The molecule has 3 aromatic rings. The Labute approximate surface area is 168 Å². The summed E-state index contributed by atoms with van der Waals surface area (Å²) in [4.78, 5) is 41.0. The SMILES string of the molecule is C[C@@H](CC(=O)N(C)c1c(N)n(Cc2ccccc2)c(=O)[nH]c1=O)c1ccccc1. The van der Waals surface area contributed by atoms with Crippen LogP contribution in [0.5, 0.6) is 0 Å². The number of anilines is 2. The van der Waals surface area contributed by atoms with Crippen molar-refractivity contribution in [2.75, 3.05) is 17.7 Å². The minimum absolute atomic E-state index is 0.0224. The number of amides is 1. The molecule has 3 rings (SSSR count). The molecular weight excluding hydrogens is 368 g/mol. The zero-order valence-electron chi connectivity index (χ0n) is 16.5. The number of nitrogen functional groups attached to an aromatic ring is 1. The number of nitrogens with two attached hydrogens (primary N) is 1. The lowest BCUT2D eigenvalue weighted by molar-refractivity contribution is -0.118. The largest absolute Gasteiger partial charge is 0.383 e. The number of rotatable bonds is 6. The van der Waals surface area contributed by atoms with E-state index in [0.717, 1.165) is 11.1 Å². The van der Waals surface area contributed by atoms with Crippen molar-refractivity contribution in [1.29, 1.82) is 0 Å². The van der Waals surface area contributed by atoms with Crippen LogP contribution in [0.4, 0.5) is 11.5 Å². The Morgan fingerprint density at radius 3 is 2.28 bits per heavy atom. The summed E-state index contributed by atoms with van der Waals surface area (Å²) in [6, 6.07) is 18.9. The van der Waals surface area contributed by atoms with Crippen molar-refractivity contribution in [1.82, 2.24) is 9.55 Å². The predicted octanol–water partition coefficient (Wildman–Crippen LogP) is 2.32. The Bertz CT molecular complexity index is 1100. The summed E-state index contributed by atoms with van der Waals surface area (Å²) in [6.45, 7) is 2.14. The van der Waals surface area contributed by atoms with Gasteiger partial charge in [0.2, 0.25) is 5.91 Å². The molecule has 0 aliphatic heterocycles. The van der Waals surface area contributed by atoms with Crippen LogP contribution in [0.3, 0.4) is 0 Å². The highest BCUT2D eigenvalue weighted by molar-refractivity contribution is 5.95. The Morgan fingerprint density at radius 2 is 1.66 bits per heavy atom. The molecule has 1 amide bonds. The van der Waals surface area contributed by atoms with Crippen molar-refractivity contribution in [2.24, 2.45) is 0 Å². The lowest BCUT2D eigenvalue weighted by Gasteiger charge is -2.22. The van der Waals surface area contributed by atoms with E-state index in [2.05, 4.69) is 4.98 Å². The molecule has 0 bridgehead atoms. The molecule has 7 nitrogen and oxygen atoms in total. The first kappa shape index (κ1) is 20.1. The highest BCUT2D eigenvalue weighted by Crippen LogP contribution is 2.22. The Hall–Kier alpha value is -3.61. The molecular formula is C22H24N4O3. The van der Waals surface area contributed by atoms with Gasteiger partial charge < -0.3 is 10.6 Å². The molecule has 0 saturated carbocycles. The maximum atomic E-state index is 12.8. The van der Waals surface area contributed by atoms with E-state index in [0.29, 0.717) is 0 Å². The van der Waals surface area contributed by atoms with Gasteiger partial charge >= 0.3 is 5.69 Å². The molecule has 0 aliphatic carbocycles. The number of aromatic nitrogens is 2. The second-order valence-corrected chi connectivity index (χ2v) is 7.03. The molecule has 1 heterocycles. The second kappa shape index (κ2) is 8.60. The van der Waals surface area contributed by atoms with Crippen LogP contribution in [0.1, 0.15) is 30.4 Å². The van der Waals surface area contributed by atoms with Gasteiger partial charge in [-0.15, -0.1) is 0 Å². The quantitative estimate of drug-likeness (QED) is 0.672. The van der Waals surface area contributed by atoms with Crippen molar-refractivity contribution < 1.29 is 4.79 Å². The number of benzene rings is 2. The number of aromatic amines is 1. The molecule has 0 radical (unpaired) electrons. The van der Waals surface area contributed by atoms with Gasteiger partial charge in [0, 0.05) is 13.5 Å².